The second-order valence-electron chi connectivity index (χ2n) is 4.66. The Morgan fingerprint density at radius 1 is 1.19 bits per heavy atom. The minimum Gasteiger partial charge on any atom is -0.380 e. The summed E-state index contributed by atoms with van der Waals surface area (Å²) < 4.78 is 10.9. The Kier molecular flexibility index (Phi) is 8.38. The fourth-order valence-corrected chi connectivity index (χ4v) is 1.82. The van der Waals surface area contributed by atoms with E-state index in [0.29, 0.717) is 32.1 Å². The first-order chi connectivity index (χ1) is 10.2. The molecule has 0 fully saturated rings. The molecule has 1 aromatic rings. The first kappa shape index (κ1) is 17.4. The van der Waals surface area contributed by atoms with Gasteiger partial charge in [0, 0.05) is 19.2 Å². The van der Waals surface area contributed by atoms with Crippen LogP contribution >= 0.6 is 0 Å². The fraction of sp³-hybridized carbons (Fsp3) is 0.600. The van der Waals surface area contributed by atoms with E-state index in [2.05, 4.69) is 12.2 Å². The zero-order valence-electron chi connectivity index (χ0n) is 12.8. The van der Waals surface area contributed by atoms with E-state index in [9.17, 15) is 10.1 Å². The predicted molar refractivity (Wildman–Crippen MR) is 82.6 cm³/mol. The molecule has 0 saturated heterocycles. The molecule has 118 valence electrons. The highest BCUT2D eigenvalue weighted by Gasteiger charge is 2.13. The molecule has 1 rings (SSSR count). The maximum atomic E-state index is 10.9. The maximum Gasteiger partial charge on any atom is 0.292 e. The van der Waals surface area contributed by atoms with Crippen LogP contribution < -0.4 is 5.32 Å². The highest BCUT2D eigenvalue weighted by Crippen LogP contribution is 2.25. The quantitative estimate of drug-likeness (QED) is 0.385. The molecule has 0 aliphatic rings. The molecule has 0 aromatic heterocycles. The van der Waals surface area contributed by atoms with Gasteiger partial charge in [0.1, 0.15) is 5.69 Å². The number of hydrogen-bond acceptors (Lipinski definition) is 5. The molecule has 0 atom stereocenters. The van der Waals surface area contributed by atoms with Crippen molar-refractivity contribution in [2.24, 2.45) is 0 Å². The summed E-state index contributed by atoms with van der Waals surface area (Å²) in [7, 11) is 0. The van der Waals surface area contributed by atoms with Crippen molar-refractivity contribution in [2.45, 2.75) is 33.3 Å². The van der Waals surface area contributed by atoms with Gasteiger partial charge in [-0.3, -0.25) is 10.1 Å². The number of rotatable bonds is 11. The third-order valence-corrected chi connectivity index (χ3v) is 2.91. The summed E-state index contributed by atoms with van der Waals surface area (Å²) in [5.41, 5.74) is 1.52. The molecule has 0 amide bonds. The molecule has 6 nitrogen and oxygen atoms in total. The summed E-state index contributed by atoms with van der Waals surface area (Å²) in [6.45, 7) is 6.95. The second-order valence-corrected chi connectivity index (χ2v) is 4.66. The van der Waals surface area contributed by atoms with Crippen LogP contribution in [0.15, 0.2) is 18.2 Å². The molecule has 0 aliphatic carbocycles. The van der Waals surface area contributed by atoms with Gasteiger partial charge in [-0.15, -0.1) is 0 Å². The first-order valence-electron chi connectivity index (χ1n) is 7.35. The average Bonchev–Trinajstić information content (AvgIpc) is 2.46. The molecule has 0 bridgehead atoms. The molecule has 1 aromatic carbocycles. The molecule has 1 N–H and O–H groups in total. The zero-order chi connectivity index (χ0) is 15.5. The lowest BCUT2D eigenvalue weighted by atomic mass is 10.2. The van der Waals surface area contributed by atoms with Crippen LogP contribution in [-0.2, 0) is 16.1 Å². The second kappa shape index (κ2) is 10.1. The van der Waals surface area contributed by atoms with Crippen molar-refractivity contribution in [2.75, 3.05) is 31.7 Å². The van der Waals surface area contributed by atoms with Gasteiger partial charge >= 0.3 is 0 Å². The molecule has 0 spiro atoms. The van der Waals surface area contributed by atoms with Gasteiger partial charge in [-0.25, -0.2) is 0 Å². The van der Waals surface area contributed by atoms with E-state index in [-0.39, 0.29) is 10.6 Å². The molecule has 21 heavy (non-hydrogen) atoms. The number of benzene rings is 1. The third kappa shape index (κ3) is 6.55. The Balaban J connectivity index is 2.41. The molecule has 0 unspecified atom stereocenters. The lowest BCUT2D eigenvalue weighted by molar-refractivity contribution is -0.384. The van der Waals surface area contributed by atoms with Crippen LogP contribution in [0.2, 0.25) is 0 Å². The van der Waals surface area contributed by atoms with Crippen LogP contribution in [0.4, 0.5) is 11.4 Å². The van der Waals surface area contributed by atoms with Gasteiger partial charge in [0.25, 0.3) is 5.69 Å². The highest BCUT2D eigenvalue weighted by atomic mass is 16.6. The fourth-order valence-electron chi connectivity index (χ4n) is 1.82. The average molecular weight is 296 g/mol. The van der Waals surface area contributed by atoms with Gasteiger partial charge < -0.3 is 14.8 Å². The summed E-state index contributed by atoms with van der Waals surface area (Å²) in [6.07, 6.45) is 2.19. The Labute approximate surface area is 125 Å². The largest absolute Gasteiger partial charge is 0.380 e. The molecule has 6 heteroatoms. The Morgan fingerprint density at radius 2 is 1.95 bits per heavy atom. The van der Waals surface area contributed by atoms with Crippen molar-refractivity contribution in [3.63, 3.8) is 0 Å². The number of nitro groups is 1. The van der Waals surface area contributed by atoms with Gasteiger partial charge in [-0.1, -0.05) is 13.3 Å². The summed E-state index contributed by atoms with van der Waals surface area (Å²) >= 11 is 0. The van der Waals surface area contributed by atoms with Crippen LogP contribution in [0.5, 0.6) is 0 Å². The van der Waals surface area contributed by atoms with E-state index in [1.54, 1.807) is 12.1 Å². The summed E-state index contributed by atoms with van der Waals surface area (Å²) in [5.74, 6) is 0. The van der Waals surface area contributed by atoms with E-state index in [0.717, 1.165) is 25.0 Å². The smallest absolute Gasteiger partial charge is 0.292 e. The number of hydrogen-bond donors (Lipinski definition) is 1. The van der Waals surface area contributed by atoms with Gasteiger partial charge in [0.05, 0.1) is 24.7 Å². The third-order valence-electron chi connectivity index (χ3n) is 2.91. The lowest BCUT2D eigenvalue weighted by Crippen LogP contribution is -2.06. The van der Waals surface area contributed by atoms with Crippen LogP contribution in [0.3, 0.4) is 0 Å². The summed E-state index contributed by atoms with van der Waals surface area (Å²) in [5, 5.41) is 13.9. The molecule has 0 heterocycles. The van der Waals surface area contributed by atoms with Crippen molar-refractivity contribution >= 4 is 11.4 Å². The lowest BCUT2D eigenvalue weighted by Gasteiger charge is -2.08. The molecule has 0 saturated carbocycles. The number of anilines is 1. The van der Waals surface area contributed by atoms with Crippen LogP contribution in [0, 0.1) is 10.1 Å². The molecular formula is C15H24N2O4. The molecular weight excluding hydrogens is 272 g/mol. The monoisotopic (exact) mass is 296 g/mol. The maximum absolute atomic E-state index is 10.9. The Hall–Kier alpha value is -1.66. The standard InChI is InChI=1S/C15H24N2O4/c1-3-5-8-20-9-10-21-12-13-6-7-15(17(18)19)14(11-13)16-4-2/h6-7,11,16H,3-5,8-10,12H2,1-2H3. The van der Waals surface area contributed by atoms with E-state index >= 15 is 0 Å². The van der Waals surface area contributed by atoms with Gasteiger partial charge in [0.15, 0.2) is 0 Å². The number of nitrogens with zero attached hydrogens (tertiary/aromatic N) is 1. The van der Waals surface area contributed by atoms with Crippen molar-refractivity contribution in [3.05, 3.63) is 33.9 Å². The van der Waals surface area contributed by atoms with E-state index in [1.165, 1.54) is 6.07 Å². The Morgan fingerprint density at radius 3 is 2.62 bits per heavy atom. The van der Waals surface area contributed by atoms with E-state index in [4.69, 9.17) is 9.47 Å². The minimum atomic E-state index is -0.385. The van der Waals surface area contributed by atoms with Crippen LogP contribution in [0.25, 0.3) is 0 Å². The van der Waals surface area contributed by atoms with Crippen molar-refractivity contribution in [1.82, 2.24) is 0 Å². The normalized spacial score (nSPS) is 10.6. The zero-order valence-corrected chi connectivity index (χ0v) is 12.8. The van der Waals surface area contributed by atoms with Crippen LogP contribution in [-0.4, -0.2) is 31.3 Å². The number of ether oxygens (including phenoxy) is 2. The SMILES string of the molecule is CCCCOCCOCc1ccc([N+](=O)[O-])c(NCC)c1. The Bertz CT molecular complexity index is 438. The first-order valence-corrected chi connectivity index (χ1v) is 7.35. The number of nitro benzene ring substituents is 1. The van der Waals surface area contributed by atoms with Crippen molar-refractivity contribution in [1.29, 1.82) is 0 Å². The van der Waals surface area contributed by atoms with E-state index < -0.39 is 0 Å². The van der Waals surface area contributed by atoms with Crippen molar-refractivity contribution in [3.8, 4) is 0 Å². The molecule has 0 radical (unpaired) electrons. The predicted octanol–water partition coefficient (Wildman–Crippen LogP) is 3.36. The topological polar surface area (TPSA) is 73.6 Å². The summed E-state index contributed by atoms with van der Waals surface area (Å²) in [6, 6.07) is 4.99. The molecule has 0 aliphatic heterocycles. The van der Waals surface area contributed by atoms with Gasteiger partial charge in [-0.2, -0.15) is 0 Å². The minimum absolute atomic E-state index is 0.0866. The van der Waals surface area contributed by atoms with Gasteiger partial charge in [-0.05, 0) is 31.0 Å². The summed E-state index contributed by atoms with van der Waals surface area (Å²) in [4.78, 5) is 10.5. The van der Waals surface area contributed by atoms with Gasteiger partial charge in [0.2, 0.25) is 0 Å². The van der Waals surface area contributed by atoms with Crippen LogP contribution in [0.1, 0.15) is 32.3 Å². The number of unbranched alkanes of at least 4 members (excludes halogenated alkanes) is 1. The van der Waals surface area contributed by atoms with E-state index in [1.807, 2.05) is 6.92 Å². The van der Waals surface area contributed by atoms with Crippen molar-refractivity contribution < 1.29 is 14.4 Å². The number of nitrogens with one attached hydrogen (secondary N) is 1. The highest BCUT2D eigenvalue weighted by molar-refractivity contribution is 5.62.